The van der Waals surface area contributed by atoms with Crippen molar-refractivity contribution in [1.29, 1.82) is 5.26 Å². The summed E-state index contributed by atoms with van der Waals surface area (Å²) in [6.45, 7) is 5.76. The molecule has 1 amide bonds. The molecule has 0 aromatic heterocycles. The van der Waals surface area contributed by atoms with Crippen molar-refractivity contribution >= 4 is 6.09 Å². The van der Waals surface area contributed by atoms with Crippen LogP contribution in [0.25, 0.3) is 11.1 Å². The van der Waals surface area contributed by atoms with Crippen LogP contribution in [0.15, 0.2) is 60.2 Å². The molecule has 4 heteroatoms. The monoisotopic (exact) mass is 414 g/mol. The number of hydrogen-bond donors (Lipinski definition) is 0. The van der Waals surface area contributed by atoms with Crippen LogP contribution in [0.5, 0.6) is 0 Å². The van der Waals surface area contributed by atoms with Gasteiger partial charge < -0.3 is 4.74 Å². The van der Waals surface area contributed by atoms with E-state index in [1.165, 1.54) is 11.1 Å². The molecule has 0 radical (unpaired) electrons. The lowest BCUT2D eigenvalue weighted by atomic mass is 9.83. The van der Waals surface area contributed by atoms with Crippen LogP contribution < -0.4 is 0 Å². The van der Waals surface area contributed by atoms with Crippen LogP contribution in [0.3, 0.4) is 0 Å². The number of piperidine rings is 1. The molecule has 2 aliphatic rings. The molecule has 4 rings (SSSR count). The van der Waals surface area contributed by atoms with Gasteiger partial charge in [0, 0.05) is 6.04 Å². The quantitative estimate of drug-likeness (QED) is 0.557. The summed E-state index contributed by atoms with van der Waals surface area (Å²) in [7, 11) is 0. The van der Waals surface area contributed by atoms with E-state index in [1.54, 1.807) is 0 Å². The van der Waals surface area contributed by atoms with E-state index in [2.05, 4.69) is 36.4 Å². The second-order valence-corrected chi connectivity index (χ2v) is 9.60. The van der Waals surface area contributed by atoms with Gasteiger partial charge in [0.15, 0.2) is 0 Å². The number of nitrogens with zero attached hydrogens (tertiary/aromatic N) is 2. The zero-order valence-corrected chi connectivity index (χ0v) is 18.6. The van der Waals surface area contributed by atoms with Gasteiger partial charge in [0.1, 0.15) is 5.60 Å². The largest absolute Gasteiger partial charge is 0.444 e. The number of fused-ring (bicyclic) bond motifs is 2. The van der Waals surface area contributed by atoms with Crippen LogP contribution in [-0.4, -0.2) is 28.7 Å². The molecule has 2 bridgehead atoms. The fourth-order valence-electron chi connectivity index (χ4n) is 4.75. The summed E-state index contributed by atoms with van der Waals surface area (Å²) in [6.07, 6.45) is 7.12. The predicted molar refractivity (Wildman–Crippen MR) is 122 cm³/mol. The first kappa shape index (κ1) is 21.2. The molecule has 2 aromatic rings. The number of ether oxygens (including phenoxy) is 1. The summed E-state index contributed by atoms with van der Waals surface area (Å²) in [5, 5.41) is 9.36. The highest BCUT2D eigenvalue weighted by Crippen LogP contribution is 2.35. The molecule has 0 spiro atoms. The van der Waals surface area contributed by atoms with Crippen LogP contribution >= 0.6 is 0 Å². The molecule has 1 fully saturated rings. The molecule has 31 heavy (non-hydrogen) atoms. The minimum absolute atomic E-state index is 0.138. The van der Waals surface area contributed by atoms with Gasteiger partial charge in [0.05, 0.1) is 17.7 Å². The second-order valence-electron chi connectivity index (χ2n) is 9.60. The molecule has 4 nitrogen and oxygen atoms in total. The molecule has 0 saturated carbocycles. The van der Waals surface area contributed by atoms with Gasteiger partial charge in [0.25, 0.3) is 0 Å². The Labute approximate surface area is 185 Å². The standard InChI is InChI=1S/C27H30N2O2/c1-27(2,3)31-26(30)29-23-8-6-9-24(29)17-20(16-23)15-19-11-13-21(14-12-19)25-10-5-4-7-22(25)18-28/h4-5,7,10-14,16,23-24H,6,8-9,15,17H2,1-3H3. The SMILES string of the molecule is CC(C)(C)OC(=O)N1C2C=C(Cc3ccc(-c4ccccc4C#N)cc3)CC1CCC2. The van der Waals surface area contributed by atoms with E-state index in [-0.39, 0.29) is 18.2 Å². The van der Waals surface area contributed by atoms with Crippen molar-refractivity contribution in [2.24, 2.45) is 0 Å². The average Bonchev–Trinajstić information content (AvgIpc) is 2.72. The van der Waals surface area contributed by atoms with Crippen molar-refractivity contribution in [1.82, 2.24) is 4.90 Å². The van der Waals surface area contributed by atoms with Crippen molar-refractivity contribution in [2.75, 3.05) is 0 Å². The van der Waals surface area contributed by atoms with Gasteiger partial charge >= 0.3 is 6.09 Å². The van der Waals surface area contributed by atoms with E-state index >= 15 is 0 Å². The molecule has 1 saturated heterocycles. The smallest absolute Gasteiger partial charge is 0.411 e. The van der Waals surface area contributed by atoms with E-state index in [1.807, 2.05) is 49.9 Å². The van der Waals surface area contributed by atoms with Crippen molar-refractivity contribution in [3.63, 3.8) is 0 Å². The number of carbonyl (C=O) groups is 1. The molecule has 2 heterocycles. The molecule has 0 aliphatic carbocycles. The van der Waals surface area contributed by atoms with Crippen LogP contribution in [0.4, 0.5) is 4.79 Å². The minimum Gasteiger partial charge on any atom is -0.444 e. The van der Waals surface area contributed by atoms with Crippen molar-refractivity contribution in [3.05, 3.63) is 71.3 Å². The minimum atomic E-state index is -0.471. The number of rotatable bonds is 3. The maximum atomic E-state index is 12.8. The summed E-state index contributed by atoms with van der Waals surface area (Å²) in [5.74, 6) is 0. The zero-order chi connectivity index (χ0) is 22.0. The summed E-state index contributed by atoms with van der Waals surface area (Å²) < 4.78 is 5.68. The molecule has 2 unspecified atom stereocenters. The van der Waals surface area contributed by atoms with Crippen LogP contribution in [-0.2, 0) is 11.2 Å². The Hall–Kier alpha value is -3.06. The Bertz CT molecular complexity index is 1020. The molecule has 2 aromatic carbocycles. The number of carbonyl (C=O) groups excluding carboxylic acids is 1. The van der Waals surface area contributed by atoms with Crippen molar-refractivity contribution in [2.45, 2.75) is 70.6 Å². The maximum absolute atomic E-state index is 12.8. The van der Waals surface area contributed by atoms with Gasteiger partial charge in [-0.05, 0) is 75.6 Å². The average molecular weight is 415 g/mol. The number of nitriles is 1. The third kappa shape index (κ3) is 4.82. The zero-order valence-electron chi connectivity index (χ0n) is 18.6. The summed E-state index contributed by atoms with van der Waals surface area (Å²) in [6, 6.07) is 18.8. The summed E-state index contributed by atoms with van der Waals surface area (Å²) >= 11 is 0. The first-order valence-electron chi connectivity index (χ1n) is 11.1. The Morgan fingerprint density at radius 3 is 2.55 bits per heavy atom. The first-order chi connectivity index (χ1) is 14.8. The Balaban J connectivity index is 1.49. The van der Waals surface area contributed by atoms with Crippen LogP contribution in [0.2, 0.25) is 0 Å². The van der Waals surface area contributed by atoms with Crippen LogP contribution in [0, 0.1) is 11.3 Å². The van der Waals surface area contributed by atoms with Crippen LogP contribution in [0.1, 0.15) is 57.6 Å². The second kappa shape index (κ2) is 8.59. The van der Waals surface area contributed by atoms with E-state index in [0.29, 0.717) is 5.56 Å². The Kier molecular flexibility index (Phi) is 5.87. The molecule has 2 atom stereocenters. The summed E-state index contributed by atoms with van der Waals surface area (Å²) in [5.41, 5.74) is 4.91. The molecule has 2 aliphatic heterocycles. The number of amides is 1. The van der Waals surface area contributed by atoms with E-state index in [4.69, 9.17) is 4.74 Å². The van der Waals surface area contributed by atoms with Gasteiger partial charge in [-0.25, -0.2) is 4.79 Å². The van der Waals surface area contributed by atoms with Gasteiger partial charge in [-0.2, -0.15) is 5.26 Å². The number of hydrogen-bond acceptors (Lipinski definition) is 3. The number of benzene rings is 2. The lowest BCUT2D eigenvalue weighted by Crippen LogP contribution is -2.53. The third-order valence-electron chi connectivity index (χ3n) is 6.06. The molecule has 0 N–H and O–H groups in total. The molecule has 160 valence electrons. The van der Waals surface area contributed by atoms with Crippen molar-refractivity contribution in [3.8, 4) is 17.2 Å². The van der Waals surface area contributed by atoms with Gasteiger partial charge in [-0.3, -0.25) is 4.90 Å². The highest BCUT2D eigenvalue weighted by molar-refractivity contribution is 5.71. The summed E-state index contributed by atoms with van der Waals surface area (Å²) in [4.78, 5) is 14.7. The van der Waals surface area contributed by atoms with Gasteiger partial charge in [-0.1, -0.05) is 54.1 Å². The highest BCUT2D eigenvalue weighted by atomic mass is 16.6. The lowest BCUT2D eigenvalue weighted by Gasteiger charge is -2.45. The van der Waals surface area contributed by atoms with Gasteiger partial charge in [-0.15, -0.1) is 0 Å². The van der Waals surface area contributed by atoms with E-state index in [9.17, 15) is 10.1 Å². The first-order valence-corrected chi connectivity index (χ1v) is 11.1. The fraction of sp³-hybridized carbons (Fsp3) is 0.407. The normalized spacial score (nSPS) is 20.6. The van der Waals surface area contributed by atoms with Crippen molar-refractivity contribution < 1.29 is 9.53 Å². The fourth-order valence-corrected chi connectivity index (χ4v) is 4.75. The lowest BCUT2D eigenvalue weighted by molar-refractivity contribution is -0.00150. The van der Waals surface area contributed by atoms with Gasteiger partial charge in [0.2, 0.25) is 0 Å². The third-order valence-corrected chi connectivity index (χ3v) is 6.06. The molecular weight excluding hydrogens is 384 g/mol. The van der Waals surface area contributed by atoms with E-state index < -0.39 is 5.60 Å². The maximum Gasteiger partial charge on any atom is 0.411 e. The topological polar surface area (TPSA) is 53.3 Å². The predicted octanol–water partition coefficient (Wildman–Crippen LogP) is 6.26. The molecular formula is C27H30N2O2. The highest BCUT2D eigenvalue weighted by Gasteiger charge is 2.39. The van der Waals surface area contributed by atoms with E-state index in [0.717, 1.165) is 43.2 Å². The Morgan fingerprint density at radius 2 is 1.87 bits per heavy atom. The Morgan fingerprint density at radius 1 is 1.13 bits per heavy atom.